The highest BCUT2D eigenvalue weighted by atomic mass is 19.3. The lowest BCUT2D eigenvalue weighted by molar-refractivity contribution is -0.0498. The van der Waals surface area contributed by atoms with Crippen molar-refractivity contribution >= 4 is 5.82 Å². The zero-order chi connectivity index (χ0) is 14.7. The number of benzene rings is 1. The van der Waals surface area contributed by atoms with E-state index in [0.29, 0.717) is 29.3 Å². The molecule has 0 unspecified atom stereocenters. The number of ether oxygens (including phenoxy) is 1. The Bertz CT molecular complexity index is 581. The lowest BCUT2D eigenvalue weighted by atomic mass is 10.1. The predicted octanol–water partition coefficient (Wildman–Crippen LogP) is 2.40. The molecule has 4 N–H and O–H groups in total. The summed E-state index contributed by atoms with van der Waals surface area (Å²) in [5.41, 5.74) is 7.15. The lowest BCUT2D eigenvalue weighted by Gasteiger charge is -2.05. The fraction of sp³-hybridized carbons (Fsp3) is 0.308. The van der Waals surface area contributed by atoms with Gasteiger partial charge in [0.05, 0.1) is 0 Å². The van der Waals surface area contributed by atoms with Gasteiger partial charge in [-0.05, 0) is 30.7 Å². The summed E-state index contributed by atoms with van der Waals surface area (Å²) in [7, 11) is 0. The summed E-state index contributed by atoms with van der Waals surface area (Å²) in [6.07, 6.45) is 1.61. The average molecular weight is 282 g/mol. The standard InChI is InChI=1S/C13H16F2N4O/c1-2-3-10-18-11(12(16)19(10)17)8-4-6-9(7-5-8)20-13(14)15/h4-7,13H,2-3,16-17H2,1H3. The first-order valence-corrected chi connectivity index (χ1v) is 6.20. The largest absolute Gasteiger partial charge is 0.435 e. The zero-order valence-electron chi connectivity index (χ0n) is 11.0. The van der Waals surface area contributed by atoms with Crippen molar-refractivity contribution in [3.8, 4) is 17.0 Å². The van der Waals surface area contributed by atoms with Crippen molar-refractivity contribution in [1.82, 2.24) is 9.66 Å². The Morgan fingerprint density at radius 1 is 1.30 bits per heavy atom. The summed E-state index contributed by atoms with van der Waals surface area (Å²) in [5, 5.41) is 0. The van der Waals surface area contributed by atoms with E-state index in [-0.39, 0.29) is 5.75 Å². The van der Waals surface area contributed by atoms with Gasteiger partial charge in [0.2, 0.25) is 0 Å². The van der Waals surface area contributed by atoms with Gasteiger partial charge in [-0.3, -0.25) is 0 Å². The molecule has 20 heavy (non-hydrogen) atoms. The number of hydrogen-bond donors (Lipinski definition) is 2. The molecule has 0 spiro atoms. The van der Waals surface area contributed by atoms with E-state index in [0.717, 1.165) is 6.42 Å². The van der Waals surface area contributed by atoms with E-state index < -0.39 is 6.61 Å². The van der Waals surface area contributed by atoms with Crippen LogP contribution in [0.5, 0.6) is 5.75 Å². The first kappa shape index (κ1) is 14.1. The Hall–Kier alpha value is -2.31. The Labute approximate surface area is 115 Å². The van der Waals surface area contributed by atoms with Gasteiger partial charge in [0.15, 0.2) is 5.82 Å². The van der Waals surface area contributed by atoms with Crippen LogP contribution in [-0.2, 0) is 6.42 Å². The predicted molar refractivity (Wildman–Crippen MR) is 72.9 cm³/mol. The smallest absolute Gasteiger partial charge is 0.387 e. The number of nitrogens with two attached hydrogens (primary N) is 2. The summed E-state index contributed by atoms with van der Waals surface area (Å²) < 4.78 is 29.8. The van der Waals surface area contributed by atoms with E-state index in [1.54, 1.807) is 12.1 Å². The summed E-state index contributed by atoms with van der Waals surface area (Å²) >= 11 is 0. The van der Waals surface area contributed by atoms with Crippen molar-refractivity contribution in [2.75, 3.05) is 11.6 Å². The van der Waals surface area contributed by atoms with Crippen LogP contribution in [0.3, 0.4) is 0 Å². The van der Waals surface area contributed by atoms with E-state index in [4.69, 9.17) is 11.6 Å². The second-order valence-corrected chi connectivity index (χ2v) is 4.28. The monoisotopic (exact) mass is 282 g/mol. The van der Waals surface area contributed by atoms with Gasteiger partial charge in [0.25, 0.3) is 0 Å². The molecule has 7 heteroatoms. The third-order valence-electron chi connectivity index (χ3n) is 2.85. The van der Waals surface area contributed by atoms with Gasteiger partial charge in [-0.25, -0.2) is 9.66 Å². The molecule has 1 aromatic heterocycles. The van der Waals surface area contributed by atoms with Crippen molar-refractivity contribution in [3.05, 3.63) is 30.1 Å². The van der Waals surface area contributed by atoms with Crippen molar-refractivity contribution in [1.29, 1.82) is 0 Å². The molecule has 0 radical (unpaired) electrons. The molecular formula is C13H16F2N4O. The summed E-state index contributed by atoms with van der Waals surface area (Å²) in [5.74, 6) is 6.95. The van der Waals surface area contributed by atoms with Crippen LogP contribution in [0.2, 0.25) is 0 Å². The molecule has 108 valence electrons. The normalized spacial score (nSPS) is 11.0. The quantitative estimate of drug-likeness (QED) is 0.825. The molecular weight excluding hydrogens is 266 g/mol. The minimum atomic E-state index is -2.84. The molecule has 2 aromatic rings. The maximum Gasteiger partial charge on any atom is 0.387 e. The number of aromatic nitrogens is 2. The first-order chi connectivity index (χ1) is 9.52. The number of imidazole rings is 1. The maximum atomic E-state index is 12.1. The molecule has 1 heterocycles. The number of nitrogen functional groups attached to an aromatic ring is 2. The molecule has 5 nitrogen and oxygen atoms in total. The molecule has 0 atom stereocenters. The van der Waals surface area contributed by atoms with Crippen LogP contribution in [0.4, 0.5) is 14.6 Å². The Balaban J connectivity index is 2.29. The van der Waals surface area contributed by atoms with Gasteiger partial charge < -0.3 is 16.3 Å². The molecule has 2 rings (SSSR count). The number of halogens is 2. The highest BCUT2D eigenvalue weighted by Gasteiger charge is 2.14. The molecule has 0 saturated heterocycles. The van der Waals surface area contributed by atoms with Crippen molar-refractivity contribution in [3.63, 3.8) is 0 Å². The minimum Gasteiger partial charge on any atom is -0.435 e. The Morgan fingerprint density at radius 3 is 2.50 bits per heavy atom. The Kier molecular flexibility index (Phi) is 4.07. The second kappa shape index (κ2) is 5.77. The number of nitrogens with zero attached hydrogens (tertiary/aromatic N) is 2. The van der Waals surface area contributed by atoms with E-state index >= 15 is 0 Å². The lowest BCUT2D eigenvalue weighted by Crippen LogP contribution is -2.15. The van der Waals surface area contributed by atoms with Crippen molar-refractivity contribution in [2.45, 2.75) is 26.4 Å². The van der Waals surface area contributed by atoms with Crippen LogP contribution >= 0.6 is 0 Å². The summed E-state index contributed by atoms with van der Waals surface area (Å²) in [6.45, 7) is -0.827. The summed E-state index contributed by atoms with van der Waals surface area (Å²) in [6, 6.07) is 6.12. The van der Waals surface area contributed by atoms with Gasteiger partial charge >= 0.3 is 6.61 Å². The van der Waals surface area contributed by atoms with Crippen molar-refractivity contribution in [2.24, 2.45) is 0 Å². The van der Waals surface area contributed by atoms with Crippen LogP contribution < -0.4 is 16.3 Å². The van der Waals surface area contributed by atoms with Crippen LogP contribution in [-0.4, -0.2) is 16.3 Å². The van der Waals surface area contributed by atoms with Crippen LogP contribution in [0.1, 0.15) is 19.2 Å². The highest BCUT2D eigenvalue weighted by molar-refractivity contribution is 5.71. The first-order valence-electron chi connectivity index (χ1n) is 6.20. The van der Waals surface area contributed by atoms with Crippen LogP contribution in [0.25, 0.3) is 11.3 Å². The van der Waals surface area contributed by atoms with E-state index in [1.165, 1.54) is 16.8 Å². The molecule has 0 aliphatic heterocycles. The topological polar surface area (TPSA) is 79.1 Å². The molecule has 0 aliphatic carbocycles. The minimum absolute atomic E-state index is 0.0864. The summed E-state index contributed by atoms with van der Waals surface area (Å²) in [4.78, 5) is 4.38. The zero-order valence-corrected chi connectivity index (χ0v) is 11.0. The van der Waals surface area contributed by atoms with E-state index in [2.05, 4.69) is 9.72 Å². The molecule has 0 amide bonds. The fourth-order valence-electron chi connectivity index (χ4n) is 1.90. The number of rotatable bonds is 5. The van der Waals surface area contributed by atoms with E-state index in [1.807, 2.05) is 6.92 Å². The third kappa shape index (κ3) is 2.81. The molecule has 0 aliphatic rings. The van der Waals surface area contributed by atoms with Gasteiger partial charge in [0, 0.05) is 12.0 Å². The fourth-order valence-corrected chi connectivity index (χ4v) is 1.90. The van der Waals surface area contributed by atoms with E-state index in [9.17, 15) is 8.78 Å². The Morgan fingerprint density at radius 2 is 1.95 bits per heavy atom. The van der Waals surface area contributed by atoms with Crippen LogP contribution in [0.15, 0.2) is 24.3 Å². The molecule has 0 fully saturated rings. The van der Waals surface area contributed by atoms with Gasteiger partial charge in [-0.1, -0.05) is 6.92 Å². The number of alkyl halides is 2. The average Bonchev–Trinajstić information content (AvgIpc) is 2.68. The van der Waals surface area contributed by atoms with Gasteiger partial charge in [-0.2, -0.15) is 8.78 Å². The highest BCUT2D eigenvalue weighted by Crippen LogP contribution is 2.27. The molecule has 1 aromatic carbocycles. The molecule has 0 saturated carbocycles. The number of aryl methyl sites for hydroxylation is 1. The second-order valence-electron chi connectivity index (χ2n) is 4.28. The number of hydrogen-bond acceptors (Lipinski definition) is 4. The number of anilines is 1. The maximum absolute atomic E-state index is 12.1. The van der Waals surface area contributed by atoms with Crippen LogP contribution in [0, 0.1) is 0 Å². The third-order valence-corrected chi connectivity index (χ3v) is 2.85. The SMILES string of the molecule is CCCc1nc(-c2ccc(OC(F)F)cc2)c(N)n1N. The van der Waals surface area contributed by atoms with Gasteiger partial charge in [0.1, 0.15) is 17.3 Å². The molecule has 0 bridgehead atoms. The van der Waals surface area contributed by atoms with Gasteiger partial charge in [-0.15, -0.1) is 0 Å². The van der Waals surface area contributed by atoms with Crippen molar-refractivity contribution < 1.29 is 13.5 Å².